The van der Waals surface area contributed by atoms with Gasteiger partial charge >= 0.3 is 0 Å². The molecule has 1 aromatic heterocycles. The molecule has 2 rings (SSSR count). The van der Waals surface area contributed by atoms with Crippen molar-refractivity contribution >= 4 is 11.3 Å². The molecule has 5 heteroatoms. The van der Waals surface area contributed by atoms with Gasteiger partial charge in [0.2, 0.25) is 0 Å². The average molecular weight is 297 g/mol. The molecular formula is C15H27N3OS. The van der Waals surface area contributed by atoms with Gasteiger partial charge < -0.3 is 10.1 Å². The molecule has 1 fully saturated rings. The van der Waals surface area contributed by atoms with E-state index in [2.05, 4.69) is 31.0 Å². The highest BCUT2D eigenvalue weighted by molar-refractivity contribution is 7.11. The molecule has 1 N–H and O–H groups in total. The number of nitrogens with one attached hydrogen (secondary N) is 1. The summed E-state index contributed by atoms with van der Waals surface area (Å²) in [4.78, 5) is 8.76. The Morgan fingerprint density at radius 1 is 1.35 bits per heavy atom. The zero-order valence-corrected chi connectivity index (χ0v) is 13.8. The van der Waals surface area contributed by atoms with Crippen molar-refractivity contribution < 1.29 is 4.74 Å². The molecule has 0 spiro atoms. The van der Waals surface area contributed by atoms with Gasteiger partial charge in [-0.25, -0.2) is 4.98 Å². The second kappa shape index (κ2) is 8.08. The molecular weight excluding hydrogens is 270 g/mol. The van der Waals surface area contributed by atoms with Crippen LogP contribution in [0.3, 0.4) is 0 Å². The van der Waals surface area contributed by atoms with Crippen LogP contribution in [-0.4, -0.2) is 49.3 Å². The summed E-state index contributed by atoms with van der Waals surface area (Å²) < 4.78 is 5.39. The van der Waals surface area contributed by atoms with Gasteiger partial charge in [-0.3, -0.25) is 4.90 Å². The lowest BCUT2D eigenvalue weighted by Gasteiger charge is -2.26. The molecule has 114 valence electrons. The van der Waals surface area contributed by atoms with E-state index in [0.717, 1.165) is 52.4 Å². The largest absolute Gasteiger partial charge is 0.379 e. The van der Waals surface area contributed by atoms with E-state index >= 15 is 0 Å². The minimum absolute atomic E-state index is 0.511. The van der Waals surface area contributed by atoms with Gasteiger partial charge in [0.25, 0.3) is 0 Å². The molecule has 0 saturated carbocycles. The van der Waals surface area contributed by atoms with Crippen LogP contribution in [0.25, 0.3) is 0 Å². The van der Waals surface area contributed by atoms with Gasteiger partial charge in [0.1, 0.15) is 0 Å². The summed E-state index contributed by atoms with van der Waals surface area (Å²) >= 11 is 1.88. The summed E-state index contributed by atoms with van der Waals surface area (Å²) in [5, 5.41) is 4.71. The van der Waals surface area contributed by atoms with Gasteiger partial charge in [0.15, 0.2) is 0 Å². The van der Waals surface area contributed by atoms with Crippen LogP contribution in [0.1, 0.15) is 42.3 Å². The van der Waals surface area contributed by atoms with Crippen LogP contribution in [0.2, 0.25) is 0 Å². The number of hydrogen-bond donors (Lipinski definition) is 1. The van der Waals surface area contributed by atoms with Crippen molar-refractivity contribution in [2.24, 2.45) is 0 Å². The van der Waals surface area contributed by atoms with Gasteiger partial charge in [-0.05, 0) is 12.5 Å². The predicted octanol–water partition coefficient (Wildman–Crippen LogP) is 2.25. The SMILES string of the molecule is CCNCc1sc(CCN2CCOCC2)nc1C(C)C. The molecule has 2 heterocycles. The third kappa shape index (κ3) is 4.52. The number of ether oxygens (including phenoxy) is 1. The molecule has 0 aliphatic carbocycles. The average Bonchev–Trinajstić information content (AvgIpc) is 2.87. The summed E-state index contributed by atoms with van der Waals surface area (Å²) in [7, 11) is 0. The molecule has 0 radical (unpaired) electrons. The van der Waals surface area contributed by atoms with Crippen LogP contribution in [-0.2, 0) is 17.7 Å². The van der Waals surface area contributed by atoms with Crippen molar-refractivity contribution in [3.8, 4) is 0 Å². The van der Waals surface area contributed by atoms with E-state index in [0.29, 0.717) is 5.92 Å². The maximum atomic E-state index is 5.39. The van der Waals surface area contributed by atoms with Crippen molar-refractivity contribution in [1.29, 1.82) is 0 Å². The van der Waals surface area contributed by atoms with Crippen molar-refractivity contribution in [2.45, 2.75) is 39.7 Å². The summed E-state index contributed by atoms with van der Waals surface area (Å²) in [5.41, 5.74) is 1.29. The molecule has 0 bridgehead atoms. The molecule has 0 unspecified atom stereocenters. The Morgan fingerprint density at radius 3 is 2.75 bits per heavy atom. The van der Waals surface area contributed by atoms with Crippen molar-refractivity contribution in [2.75, 3.05) is 39.4 Å². The molecule has 4 nitrogen and oxygen atoms in total. The first-order valence-electron chi connectivity index (χ1n) is 7.70. The smallest absolute Gasteiger partial charge is 0.0944 e. The van der Waals surface area contributed by atoms with Crippen LogP contribution in [0, 0.1) is 0 Å². The maximum Gasteiger partial charge on any atom is 0.0944 e. The summed E-state index contributed by atoms with van der Waals surface area (Å²) in [6.45, 7) is 13.6. The van der Waals surface area contributed by atoms with E-state index in [-0.39, 0.29) is 0 Å². The number of morpholine rings is 1. The number of nitrogens with zero attached hydrogens (tertiary/aromatic N) is 2. The Balaban J connectivity index is 1.93. The lowest BCUT2D eigenvalue weighted by Crippen LogP contribution is -2.37. The Labute approximate surface area is 126 Å². The van der Waals surface area contributed by atoms with Gasteiger partial charge in [0.05, 0.1) is 23.9 Å². The number of hydrogen-bond acceptors (Lipinski definition) is 5. The molecule has 1 aliphatic heterocycles. The Hall–Kier alpha value is -0.490. The third-order valence-electron chi connectivity index (χ3n) is 3.60. The lowest BCUT2D eigenvalue weighted by molar-refractivity contribution is 0.0384. The quantitative estimate of drug-likeness (QED) is 0.837. The first-order valence-corrected chi connectivity index (χ1v) is 8.51. The first-order chi connectivity index (χ1) is 9.70. The van der Waals surface area contributed by atoms with E-state index in [1.165, 1.54) is 15.6 Å². The topological polar surface area (TPSA) is 37.4 Å². The fourth-order valence-electron chi connectivity index (χ4n) is 2.42. The Kier molecular flexibility index (Phi) is 6.42. The number of rotatable bonds is 7. The van der Waals surface area contributed by atoms with Gasteiger partial charge in [-0.1, -0.05) is 20.8 Å². The van der Waals surface area contributed by atoms with Crippen molar-refractivity contribution in [3.63, 3.8) is 0 Å². The fraction of sp³-hybridized carbons (Fsp3) is 0.800. The zero-order valence-electron chi connectivity index (χ0n) is 12.9. The van der Waals surface area contributed by atoms with Crippen LogP contribution >= 0.6 is 11.3 Å². The fourth-order valence-corrected chi connectivity index (χ4v) is 3.60. The monoisotopic (exact) mass is 297 g/mol. The number of aromatic nitrogens is 1. The molecule has 0 aromatic carbocycles. The predicted molar refractivity (Wildman–Crippen MR) is 84.5 cm³/mol. The highest BCUT2D eigenvalue weighted by atomic mass is 32.1. The summed E-state index contributed by atoms with van der Waals surface area (Å²) in [5.74, 6) is 0.511. The lowest BCUT2D eigenvalue weighted by atomic mass is 10.1. The highest BCUT2D eigenvalue weighted by Crippen LogP contribution is 2.25. The first kappa shape index (κ1) is 15.9. The minimum Gasteiger partial charge on any atom is -0.379 e. The van der Waals surface area contributed by atoms with Gasteiger partial charge in [-0.15, -0.1) is 11.3 Å². The standard InChI is InChI=1S/C15H27N3OS/c1-4-16-11-13-15(12(2)3)17-14(20-13)5-6-18-7-9-19-10-8-18/h12,16H,4-11H2,1-3H3. The minimum atomic E-state index is 0.511. The van der Waals surface area contributed by atoms with E-state index in [1.54, 1.807) is 0 Å². The van der Waals surface area contributed by atoms with Gasteiger partial charge in [0, 0.05) is 37.5 Å². The van der Waals surface area contributed by atoms with Crippen molar-refractivity contribution in [1.82, 2.24) is 15.2 Å². The van der Waals surface area contributed by atoms with Crippen LogP contribution < -0.4 is 5.32 Å². The normalized spacial score (nSPS) is 17.0. The van der Waals surface area contributed by atoms with Crippen LogP contribution in [0.5, 0.6) is 0 Å². The third-order valence-corrected chi connectivity index (χ3v) is 4.73. The van der Waals surface area contributed by atoms with Gasteiger partial charge in [-0.2, -0.15) is 0 Å². The van der Waals surface area contributed by atoms with E-state index < -0.39 is 0 Å². The van der Waals surface area contributed by atoms with Crippen molar-refractivity contribution in [3.05, 3.63) is 15.6 Å². The second-order valence-electron chi connectivity index (χ2n) is 5.56. The second-order valence-corrected chi connectivity index (χ2v) is 6.72. The molecule has 20 heavy (non-hydrogen) atoms. The van der Waals surface area contributed by atoms with E-state index in [9.17, 15) is 0 Å². The number of thiazole rings is 1. The van der Waals surface area contributed by atoms with Crippen LogP contribution in [0.4, 0.5) is 0 Å². The molecule has 1 aromatic rings. The molecule has 1 saturated heterocycles. The van der Waals surface area contributed by atoms with E-state index in [1.807, 2.05) is 11.3 Å². The summed E-state index contributed by atoms with van der Waals surface area (Å²) in [6.07, 6.45) is 1.07. The van der Waals surface area contributed by atoms with Crippen LogP contribution in [0.15, 0.2) is 0 Å². The molecule has 0 atom stereocenters. The summed E-state index contributed by atoms with van der Waals surface area (Å²) in [6, 6.07) is 0. The Morgan fingerprint density at radius 2 is 2.10 bits per heavy atom. The zero-order chi connectivity index (χ0) is 14.4. The maximum absolute atomic E-state index is 5.39. The molecule has 1 aliphatic rings. The molecule has 0 amide bonds. The van der Waals surface area contributed by atoms with E-state index in [4.69, 9.17) is 9.72 Å². The Bertz CT molecular complexity index is 400. The highest BCUT2D eigenvalue weighted by Gasteiger charge is 2.15.